The third-order valence-corrected chi connectivity index (χ3v) is 3.83. The van der Waals surface area contributed by atoms with Crippen LogP contribution in [0, 0.1) is 11.6 Å². The molecule has 0 saturated carbocycles. The lowest BCUT2D eigenvalue weighted by Gasteiger charge is -2.13. The quantitative estimate of drug-likeness (QED) is 0.705. The first-order valence-electron chi connectivity index (χ1n) is 5.46. The molecular weight excluding hydrogens is 338 g/mol. The van der Waals surface area contributed by atoms with E-state index in [0.717, 1.165) is 6.07 Å². The van der Waals surface area contributed by atoms with Crippen LogP contribution in [0.15, 0.2) is 40.9 Å². The average Bonchev–Trinajstić information content (AvgIpc) is 2.41. The summed E-state index contributed by atoms with van der Waals surface area (Å²) < 4.78 is 32.7. The highest BCUT2D eigenvalue weighted by Gasteiger charge is 2.18. The minimum atomic E-state index is -0.922. The van der Waals surface area contributed by atoms with Gasteiger partial charge >= 0.3 is 0 Å². The van der Waals surface area contributed by atoms with Crippen molar-refractivity contribution >= 4 is 27.5 Å². The van der Waals surface area contributed by atoms with E-state index in [-0.39, 0.29) is 5.56 Å². The second kappa shape index (κ2) is 5.88. The molecule has 0 radical (unpaired) electrons. The van der Waals surface area contributed by atoms with Crippen LogP contribution in [0.2, 0.25) is 0 Å². The third-order valence-electron chi connectivity index (χ3n) is 2.72. The fraction of sp³-hybridized carbons (Fsp3) is 0.143. The molecular formula is C14H10BrClF2O. The van der Waals surface area contributed by atoms with E-state index in [1.807, 2.05) is 0 Å². The standard InChI is InChI=1S/C14H10BrClF2O/c1-19-12-6-5-8(7-10(12)15)13(16)9-3-2-4-11(17)14(9)18/h2-7,13H,1H3. The Labute approximate surface area is 123 Å². The summed E-state index contributed by atoms with van der Waals surface area (Å²) in [4.78, 5) is 0. The van der Waals surface area contributed by atoms with Gasteiger partial charge in [0.05, 0.1) is 17.0 Å². The van der Waals surface area contributed by atoms with E-state index >= 15 is 0 Å². The first-order chi connectivity index (χ1) is 9.04. The molecule has 5 heteroatoms. The highest BCUT2D eigenvalue weighted by molar-refractivity contribution is 9.10. The molecule has 2 aromatic carbocycles. The van der Waals surface area contributed by atoms with Crippen LogP contribution in [0.4, 0.5) is 8.78 Å². The van der Waals surface area contributed by atoms with Gasteiger partial charge in [-0.15, -0.1) is 11.6 Å². The van der Waals surface area contributed by atoms with Crippen molar-refractivity contribution in [2.24, 2.45) is 0 Å². The summed E-state index contributed by atoms with van der Waals surface area (Å²) in [5.74, 6) is -1.18. The van der Waals surface area contributed by atoms with Gasteiger partial charge in [0.25, 0.3) is 0 Å². The average molecular weight is 348 g/mol. The Morgan fingerprint density at radius 3 is 2.58 bits per heavy atom. The molecule has 1 atom stereocenters. The molecule has 2 aromatic rings. The fourth-order valence-corrected chi connectivity index (χ4v) is 2.60. The van der Waals surface area contributed by atoms with Gasteiger partial charge in [-0.25, -0.2) is 8.78 Å². The van der Waals surface area contributed by atoms with Crippen LogP contribution >= 0.6 is 27.5 Å². The summed E-state index contributed by atoms with van der Waals surface area (Å²) in [6, 6.07) is 9.11. The van der Waals surface area contributed by atoms with Gasteiger partial charge in [-0.3, -0.25) is 0 Å². The Morgan fingerprint density at radius 1 is 1.21 bits per heavy atom. The number of methoxy groups -OCH3 is 1. The largest absolute Gasteiger partial charge is 0.496 e. The molecule has 0 amide bonds. The number of ether oxygens (including phenoxy) is 1. The lowest BCUT2D eigenvalue weighted by atomic mass is 10.0. The number of hydrogen-bond donors (Lipinski definition) is 0. The van der Waals surface area contributed by atoms with Gasteiger partial charge in [0.15, 0.2) is 11.6 Å². The molecule has 0 aliphatic rings. The molecule has 0 spiro atoms. The molecule has 2 rings (SSSR count). The van der Waals surface area contributed by atoms with Gasteiger partial charge in [0.2, 0.25) is 0 Å². The van der Waals surface area contributed by atoms with E-state index in [2.05, 4.69) is 15.9 Å². The number of alkyl halides is 1. The topological polar surface area (TPSA) is 9.23 Å². The van der Waals surface area contributed by atoms with Gasteiger partial charge < -0.3 is 4.74 Å². The summed E-state index contributed by atoms with van der Waals surface area (Å²) in [6.07, 6.45) is 0. The number of halogens is 4. The smallest absolute Gasteiger partial charge is 0.163 e. The van der Waals surface area contributed by atoms with Crippen molar-refractivity contribution in [1.82, 2.24) is 0 Å². The lowest BCUT2D eigenvalue weighted by molar-refractivity contribution is 0.412. The highest BCUT2D eigenvalue weighted by atomic mass is 79.9. The van der Waals surface area contributed by atoms with Crippen LogP contribution in [0.5, 0.6) is 5.75 Å². The molecule has 0 bridgehead atoms. The van der Waals surface area contributed by atoms with E-state index in [4.69, 9.17) is 16.3 Å². The molecule has 100 valence electrons. The Balaban J connectivity index is 2.41. The van der Waals surface area contributed by atoms with Crippen molar-refractivity contribution < 1.29 is 13.5 Å². The molecule has 0 aliphatic carbocycles. The predicted octanol–water partition coefficient (Wildman–Crippen LogP) is 5.06. The molecule has 0 saturated heterocycles. The van der Waals surface area contributed by atoms with E-state index in [0.29, 0.717) is 15.8 Å². The van der Waals surface area contributed by atoms with Crippen molar-refractivity contribution in [1.29, 1.82) is 0 Å². The highest BCUT2D eigenvalue weighted by Crippen LogP contribution is 2.35. The van der Waals surface area contributed by atoms with Crippen LogP contribution in [0.25, 0.3) is 0 Å². The summed E-state index contributed by atoms with van der Waals surface area (Å²) >= 11 is 9.54. The van der Waals surface area contributed by atoms with Crippen LogP contribution in [-0.2, 0) is 0 Å². The Kier molecular flexibility index (Phi) is 4.42. The van der Waals surface area contributed by atoms with Gasteiger partial charge in [0.1, 0.15) is 5.75 Å². The molecule has 1 nitrogen and oxygen atoms in total. The van der Waals surface area contributed by atoms with Crippen molar-refractivity contribution in [3.63, 3.8) is 0 Å². The normalized spacial score (nSPS) is 12.3. The zero-order chi connectivity index (χ0) is 14.0. The van der Waals surface area contributed by atoms with E-state index in [1.54, 1.807) is 25.3 Å². The Morgan fingerprint density at radius 2 is 1.95 bits per heavy atom. The molecule has 0 heterocycles. The molecule has 0 N–H and O–H groups in total. The molecule has 1 unspecified atom stereocenters. The second-order valence-corrected chi connectivity index (χ2v) is 5.19. The minimum absolute atomic E-state index is 0.110. The minimum Gasteiger partial charge on any atom is -0.496 e. The van der Waals surface area contributed by atoms with Crippen LogP contribution in [0.1, 0.15) is 16.5 Å². The maximum atomic E-state index is 13.7. The van der Waals surface area contributed by atoms with Gasteiger partial charge in [-0.05, 0) is 39.7 Å². The fourth-order valence-electron chi connectivity index (χ4n) is 1.74. The monoisotopic (exact) mass is 346 g/mol. The maximum Gasteiger partial charge on any atom is 0.163 e. The summed E-state index contributed by atoms with van der Waals surface area (Å²) in [5, 5.41) is -0.766. The first-order valence-corrected chi connectivity index (χ1v) is 6.69. The first kappa shape index (κ1) is 14.3. The van der Waals surface area contributed by atoms with Gasteiger partial charge in [0, 0.05) is 5.56 Å². The van der Waals surface area contributed by atoms with Gasteiger partial charge in [-0.2, -0.15) is 0 Å². The SMILES string of the molecule is COc1ccc(C(Cl)c2cccc(F)c2F)cc1Br. The molecule has 19 heavy (non-hydrogen) atoms. The molecule has 0 aliphatic heterocycles. The van der Waals surface area contributed by atoms with E-state index in [1.165, 1.54) is 12.1 Å². The van der Waals surface area contributed by atoms with Crippen LogP contribution < -0.4 is 4.74 Å². The van der Waals surface area contributed by atoms with E-state index in [9.17, 15) is 8.78 Å². The third kappa shape index (κ3) is 2.90. The summed E-state index contributed by atoms with van der Waals surface area (Å²) in [6.45, 7) is 0. The Bertz CT molecular complexity index is 604. The predicted molar refractivity (Wildman–Crippen MR) is 74.7 cm³/mol. The number of benzene rings is 2. The van der Waals surface area contributed by atoms with Crippen molar-refractivity contribution in [2.75, 3.05) is 7.11 Å². The zero-order valence-electron chi connectivity index (χ0n) is 9.96. The molecule has 0 aromatic heterocycles. The molecule has 0 fully saturated rings. The maximum absolute atomic E-state index is 13.7. The number of rotatable bonds is 3. The summed E-state index contributed by atoms with van der Waals surface area (Å²) in [5.41, 5.74) is 0.762. The van der Waals surface area contributed by atoms with Crippen molar-refractivity contribution in [3.8, 4) is 5.75 Å². The second-order valence-electron chi connectivity index (χ2n) is 3.90. The lowest BCUT2D eigenvalue weighted by Crippen LogP contribution is -1.99. The van der Waals surface area contributed by atoms with Crippen molar-refractivity contribution in [2.45, 2.75) is 5.38 Å². The number of hydrogen-bond acceptors (Lipinski definition) is 1. The van der Waals surface area contributed by atoms with Crippen LogP contribution in [-0.4, -0.2) is 7.11 Å². The Hall–Kier alpha value is -1.13. The van der Waals surface area contributed by atoms with Gasteiger partial charge in [-0.1, -0.05) is 18.2 Å². The summed E-state index contributed by atoms with van der Waals surface area (Å²) in [7, 11) is 1.55. The van der Waals surface area contributed by atoms with Crippen LogP contribution in [0.3, 0.4) is 0 Å². The van der Waals surface area contributed by atoms with Crippen molar-refractivity contribution in [3.05, 3.63) is 63.6 Å². The van der Waals surface area contributed by atoms with E-state index < -0.39 is 17.0 Å². The zero-order valence-corrected chi connectivity index (χ0v) is 12.3.